The Kier molecular flexibility index (Phi) is 21.4. The summed E-state index contributed by atoms with van der Waals surface area (Å²) in [7, 11) is 0. The highest BCUT2D eigenvalue weighted by Gasteiger charge is 2.59. The summed E-state index contributed by atoms with van der Waals surface area (Å²) in [6, 6.07) is -1.93. The van der Waals surface area contributed by atoms with Crippen molar-refractivity contribution in [3.05, 3.63) is 10.4 Å². The van der Waals surface area contributed by atoms with E-state index in [0.29, 0.717) is 0 Å². The van der Waals surface area contributed by atoms with Crippen molar-refractivity contribution in [2.24, 2.45) is 5.11 Å². The molecule has 37 heteroatoms. The Morgan fingerprint density at radius 1 is 0.241 bits per heavy atom. The second kappa shape index (κ2) is 26.9. The lowest BCUT2D eigenvalue weighted by Gasteiger charge is -2.50. The Morgan fingerprint density at radius 3 is 0.582 bits per heavy atom. The monoisotopic (exact) mass is 1160 g/mol. The number of ether oxygens (including phenoxy) is 14. The molecule has 0 aliphatic carbocycles. The molecule has 0 radical (unpaired) electrons. The first kappa shape index (κ1) is 63.0. The van der Waals surface area contributed by atoms with Gasteiger partial charge in [0.05, 0.1) is 52.4 Å². The first-order valence-corrected chi connectivity index (χ1v) is 25.0. The lowest BCUT2D eigenvalue weighted by Crippen LogP contribution is -2.68. The first-order valence-electron chi connectivity index (χ1n) is 25.0. The zero-order valence-electron chi connectivity index (χ0n) is 41.2. The zero-order valence-corrected chi connectivity index (χ0v) is 41.2. The van der Waals surface area contributed by atoms with E-state index in [9.17, 15) is 108 Å². The molecule has 79 heavy (non-hydrogen) atoms. The maximum atomic E-state index is 11.6. The molecule has 0 spiro atoms. The average Bonchev–Trinajstić information content (AvgIpc) is 3.60. The van der Waals surface area contributed by atoms with E-state index in [4.69, 9.17) is 66.3 Å². The molecule has 0 aromatic carbocycles. The molecule has 15 saturated heterocycles. The minimum absolute atomic E-state index is 1.05. The van der Waals surface area contributed by atoms with E-state index in [1.54, 1.807) is 0 Å². The predicted octanol–water partition coefficient (Wildman–Crippen LogP) is -13.9. The van der Waals surface area contributed by atoms with Crippen LogP contribution in [0.2, 0.25) is 0 Å². The average molecular weight is 1160 g/mol. The normalized spacial score (nSPS) is 54.1. The van der Waals surface area contributed by atoms with Crippen LogP contribution in [0.5, 0.6) is 0 Å². The largest absolute Gasteiger partial charge is 0.394 e. The van der Waals surface area contributed by atoms with Crippen LogP contribution in [0.15, 0.2) is 5.11 Å². The number of hydrogen-bond donors (Lipinski definition) is 20. The van der Waals surface area contributed by atoms with Crippen molar-refractivity contribution in [3.63, 3.8) is 0 Å². The predicted molar refractivity (Wildman–Crippen MR) is 235 cm³/mol. The summed E-state index contributed by atoms with van der Waals surface area (Å²) in [6.45, 7) is -7.41. The van der Waals surface area contributed by atoms with Gasteiger partial charge in [-0.1, -0.05) is 5.11 Å². The van der Waals surface area contributed by atoms with Gasteiger partial charge in [-0.2, -0.15) is 0 Å². The highest BCUT2D eigenvalue weighted by molar-refractivity contribution is 5.02. The molecular weight excluding hydrogens is 1090 g/mol. The summed E-state index contributed by atoms with van der Waals surface area (Å²) in [5.41, 5.74) is 9.53. The summed E-state index contributed by atoms with van der Waals surface area (Å²) in [5.74, 6) is 0. The van der Waals surface area contributed by atoms with Gasteiger partial charge in [0, 0.05) is 4.91 Å². The van der Waals surface area contributed by atoms with E-state index in [-0.39, 0.29) is 0 Å². The van der Waals surface area contributed by atoms with E-state index in [1.165, 1.54) is 0 Å². The second-order valence-electron chi connectivity index (χ2n) is 19.9. The summed E-state index contributed by atoms with van der Waals surface area (Å²) in [5, 5.41) is 224. The van der Waals surface area contributed by atoms with Crippen LogP contribution in [-0.4, -0.2) is 363 Å². The van der Waals surface area contributed by atoms with Gasteiger partial charge >= 0.3 is 0 Å². The van der Waals surface area contributed by atoms with Crippen LogP contribution in [0, 0.1) is 0 Å². The molecular formula is C42H69N3O34. The van der Waals surface area contributed by atoms with Crippen molar-refractivity contribution in [3.8, 4) is 0 Å². The fraction of sp³-hybridized carbons (Fsp3) is 1.00. The zero-order chi connectivity index (χ0) is 57.5. The number of hydrogen-bond acceptors (Lipinski definition) is 35. The molecule has 456 valence electrons. The summed E-state index contributed by atoms with van der Waals surface area (Å²) >= 11 is 0. The lowest BCUT2D eigenvalue weighted by molar-refractivity contribution is -0.396. The molecule has 0 aromatic heterocycles. The van der Waals surface area contributed by atoms with E-state index in [2.05, 4.69) is 10.0 Å². The van der Waals surface area contributed by atoms with Crippen molar-refractivity contribution < 1.29 is 168 Å². The van der Waals surface area contributed by atoms with Crippen molar-refractivity contribution >= 4 is 0 Å². The molecule has 0 aromatic rings. The van der Waals surface area contributed by atoms with Gasteiger partial charge in [-0.25, -0.2) is 0 Å². The van der Waals surface area contributed by atoms with E-state index >= 15 is 0 Å². The topological polar surface area (TPSA) is 583 Å². The minimum Gasteiger partial charge on any atom is -0.394 e. The van der Waals surface area contributed by atoms with E-state index in [0.717, 1.165) is 0 Å². The molecule has 15 fully saturated rings. The number of nitrogens with zero attached hydrogens (tertiary/aromatic N) is 3. The SMILES string of the molecule is [N-]=[N+]=N[C@H]1[C@H]2O[C@H]3[C@@H](O)[C@H](O)[C@@H](O[C@H]4[C@@H](O)[C@H](O)[C@@H](O[C@H]5[C@@H](O)[C@@H](O)[C@@H](O[C@H]6[C@H](O)[C@@H](O)[C@@H](O[C@H]7[C@H](O)[C@@H](O)[C@@H](O[C@H]8[C@H](O)[C@@H](O)[C@@H](O[C@@H]([C@@H]1O)[C@@H](CO)O2)O[C@@H]8CO)O[C@@H]7CO)O[C@@H]6CO)O[C@@H]5CO)O[C@@H]4CO)O[C@@H]3CO. The van der Waals surface area contributed by atoms with Gasteiger partial charge in [0.2, 0.25) is 0 Å². The van der Waals surface area contributed by atoms with Gasteiger partial charge in [0.25, 0.3) is 0 Å². The third kappa shape index (κ3) is 12.4. The Morgan fingerprint density at radius 2 is 0.405 bits per heavy atom. The number of fused-ring (bicyclic) bond motifs is 7. The molecule has 35 atom stereocenters. The van der Waals surface area contributed by atoms with Crippen LogP contribution in [0.1, 0.15) is 0 Å². The highest BCUT2D eigenvalue weighted by atomic mass is 16.8. The third-order valence-electron chi connectivity index (χ3n) is 15.0. The highest BCUT2D eigenvalue weighted by Crippen LogP contribution is 2.39. The Balaban J connectivity index is 1.09. The maximum Gasteiger partial charge on any atom is 0.187 e. The molecule has 15 rings (SSSR count). The molecule has 15 heterocycles. The van der Waals surface area contributed by atoms with Crippen molar-refractivity contribution in [1.29, 1.82) is 0 Å². The van der Waals surface area contributed by atoms with Crippen LogP contribution in [0.25, 0.3) is 10.4 Å². The molecule has 15 aliphatic heterocycles. The minimum atomic E-state index is -2.23. The third-order valence-corrected chi connectivity index (χ3v) is 15.0. The van der Waals surface area contributed by atoms with Crippen molar-refractivity contribution in [2.45, 2.75) is 215 Å². The standard InChI is InChI=1S/C42H69N3O34/c43-45-44-15-16(53)29-8(1-46)66-36(15)73-30-9(2-47)67-38(23(60)17(30)54)75-32-11(4-49)69-40(25(62)19(32)56)77-34-13(6-51)71-42(27(64)21(34)58)79-35-14(7-52)72-41(28(65)22(35)59)78-33-12(5-50)70-39(26(63)20(33)57)76-31-10(3-48)68-37(74-29)24(61)18(31)55/h8-42,46-65H,1-7H2/t8-,9-,10-,11-,12-,13-,14-,15-,16-,17+,18-,19+,20-,21+,22-,23+,24-,25+,26-,27-,28-,29-,30-,31-,32-,33-,34-,35-,36-,37-,38-,39-,40-,41-,42-/m1/s1. The summed E-state index contributed by atoms with van der Waals surface area (Å²) in [6.07, 6.45) is -68.4. The van der Waals surface area contributed by atoms with Gasteiger partial charge < -0.3 is 168 Å². The van der Waals surface area contributed by atoms with Gasteiger partial charge in [0.15, 0.2) is 44.0 Å². The number of aliphatic hydroxyl groups is 20. The van der Waals surface area contributed by atoms with Crippen LogP contribution in [0.4, 0.5) is 0 Å². The van der Waals surface area contributed by atoms with Crippen molar-refractivity contribution in [2.75, 3.05) is 46.2 Å². The van der Waals surface area contributed by atoms with Crippen LogP contribution >= 0.6 is 0 Å². The number of rotatable bonds is 8. The molecule has 0 unspecified atom stereocenters. The first-order chi connectivity index (χ1) is 37.7. The van der Waals surface area contributed by atoms with Gasteiger partial charge in [-0.05, 0) is 5.53 Å². The molecule has 14 bridgehead atoms. The molecule has 20 N–H and O–H groups in total. The fourth-order valence-electron chi connectivity index (χ4n) is 10.6. The van der Waals surface area contributed by atoms with Crippen LogP contribution in [0.3, 0.4) is 0 Å². The van der Waals surface area contributed by atoms with Crippen LogP contribution in [-0.2, 0) is 66.3 Å². The van der Waals surface area contributed by atoms with Crippen molar-refractivity contribution in [1.82, 2.24) is 0 Å². The maximum absolute atomic E-state index is 11.6. The van der Waals surface area contributed by atoms with E-state index < -0.39 is 261 Å². The number of aliphatic hydroxyl groups excluding tert-OH is 20. The van der Waals surface area contributed by atoms with Gasteiger partial charge in [0.1, 0.15) is 165 Å². The quantitative estimate of drug-likeness (QED) is 0.0610. The van der Waals surface area contributed by atoms with E-state index in [1.807, 2.05) is 0 Å². The Bertz CT molecular complexity index is 1970. The van der Waals surface area contributed by atoms with Crippen LogP contribution < -0.4 is 0 Å². The fourth-order valence-corrected chi connectivity index (χ4v) is 10.6. The molecule has 15 aliphatic rings. The second-order valence-corrected chi connectivity index (χ2v) is 19.9. The summed E-state index contributed by atoms with van der Waals surface area (Å²) < 4.78 is 80.0. The molecule has 0 saturated carbocycles. The molecule has 0 amide bonds. The Labute approximate surface area is 444 Å². The smallest absolute Gasteiger partial charge is 0.187 e. The molecule has 37 nitrogen and oxygen atoms in total. The summed E-state index contributed by atoms with van der Waals surface area (Å²) in [4.78, 5) is 2.67. The van der Waals surface area contributed by atoms with Gasteiger partial charge in [-0.3, -0.25) is 0 Å². The van der Waals surface area contributed by atoms with Gasteiger partial charge in [-0.15, -0.1) is 0 Å². The number of azide groups is 1. The Hall–Kier alpha value is -2.05. The lowest BCUT2D eigenvalue weighted by atomic mass is 9.94.